The van der Waals surface area contributed by atoms with E-state index in [-0.39, 0.29) is 17.7 Å². The van der Waals surface area contributed by atoms with Gasteiger partial charge in [0.05, 0.1) is 5.69 Å². The van der Waals surface area contributed by atoms with E-state index < -0.39 is 0 Å². The van der Waals surface area contributed by atoms with Gasteiger partial charge in [-0.3, -0.25) is 9.59 Å². The van der Waals surface area contributed by atoms with Crippen molar-refractivity contribution < 1.29 is 9.59 Å². The first-order valence-corrected chi connectivity index (χ1v) is 11.7. The number of hydrogen-bond acceptors (Lipinski definition) is 4. The van der Waals surface area contributed by atoms with Crippen LogP contribution >= 0.6 is 11.3 Å². The zero-order valence-electron chi connectivity index (χ0n) is 18.4. The molecule has 2 heterocycles. The van der Waals surface area contributed by atoms with Crippen LogP contribution in [0.25, 0.3) is 17.3 Å². The molecule has 1 aliphatic rings. The van der Waals surface area contributed by atoms with Gasteiger partial charge in [-0.25, -0.2) is 4.98 Å². The van der Waals surface area contributed by atoms with E-state index in [2.05, 4.69) is 42.3 Å². The van der Waals surface area contributed by atoms with E-state index >= 15 is 0 Å². The Hall–Kier alpha value is -3.25. The lowest BCUT2D eigenvalue weighted by atomic mass is 9.96. The van der Waals surface area contributed by atoms with Crippen molar-refractivity contribution in [3.8, 4) is 11.3 Å². The van der Waals surface area contributed by atoms with Crippen molar-refractivity contribution in [1.29, 1.82) is 0 Å². The summed E-state index contributed by atoms with van der Waals surface area (Å²) >= 11 is 1.44. The number of rotatable bonds is 5. The largest absolute Gasteiger partial charge is 0.339 e. The summed E-state index contributed by atoms with van der Waals surface area (Å²) in [4.78, 5) is 31.6. The van der Waals surface area contributed by atoms with Crippen LogP contribution < -0.4 is 5.32 Å². The van der Waals surface area contributed by atoms with Crippen molar-refractivity contribution in [2.75, 3.05) is 18.4 Å². The van der Waals surface area contributed by atoms with Crippen LogP contribution in [0, 0.1) is 19.8 Å². The number of piperidine rings is 1. The molecular formula is C26H27N3O2S. The standard InChI is InChI=1S/C26H27N3O2S/c1-18-8-10-22(19(2)16-18)23-17-32-26(27-23)28-25(31)21-12-14-29(15-13-21)24(30)11-9-20-6-4-3-5-7-20/h3-11,16-17,21H,12-15H2,1-2H3,(H,27,28,31)/b11-9+. The number of aryl methyl sites for hydroxylation is 2. The van der Waals surface area contributed by atoms with Crippen LogP contribution in [-0.4, -0.2) is 34.8 Å². The first-order chi connectivity index (χ1) is 15.5. The molecule has 164 valence electrons. The summed E-state index contributed by atoms with van der Waals surface area (Å²) in [5.74, 6) is -0.130. The van der Waals surface area contributed by atoms with Crippen LogP contribution in [0.2, 0.25) is 0 Å². The lowest BCUT2D eigenvalue weighted by Crippen LogP contribution is -2.40. The number of carbonyl (C=O) groups is 2. The molecule has 0 saturated carbocycles. The topological polar surface area (TPSA) is 62.3 Å². The fourth-order valence-corrected chi connectivity index (χ4v) is 4.68. The van der Waals surface area contributed by atoms with Gasteiger partial charge in [-0.05, 0) is 43.9 Å². The van der Waals surface area contributed by atoms with Crippen LogP contribution in [0.3, 0.4) is 0 Å². The highest BCUT2D eigenvalue weighted by Crippen LogP contribution is 2.29. The first-order valence-electron chi connectivity index (χ1n) is 10.9. The summed E-state index contributed by atoms with van der Waals surface area (Å²) in [5, 5.41) is 5.57. The molecule has 0 atom stereocenters. The number of carbonyl (C=O) groups excluding carboxylic acids is 2. The zero-order valence-corrected chi connectivity index (χ0v) is 19.2. The van der Waals surface area contributed by atoms with Gasteiger partial charge in [0.2, 0.25) is 11.8 Å². The highest BCUT2D eigenvalue weighted by Gasteiger charge is 2.27. The summed E-state index contributed by atoms with van der Waals surface area (Å²) in [6.07, 6.45) is 4.76. The summed E-state index contributed by atoms with van der Waals surface area (Å²) < 4.78 is 0. The Bertz CT molecular complexity index is 1130. The molecule has 0 radical (unpaired) electrons. The molecule has 1 saturated heterocycles. The van der Waals surface area contributed by atoms with Gasteiger partial charge in [-0.1, -0.05) is 54.1 Å². The van der Waals surface area contributed by atoms with Crippen molar-refractivity contribution in [1.82, 2.24) is 9.88 Å². The van der Waals surface area contributed by atoms with Crippen molar-refractivity contribution >= 4 is 34.4 Å². The SMILES string of the molecule is Cc1ccc(-c2csc(NC(=O)C3CCN(C(=O)/C=C/c4ccccc4)CC3)n2)c(C)c1. The predicted molar refractivity (Wildman–Crippen MR) is 130 cm³/mol. The van der Waals surface area contributed by atoms with Crippen LogP contribution in [-0.2, 0) is 9.59 Å². The normalized spacial score (nSPS) is 14.6. The van der Waals surface area contributed by atoms with Gasteiger partial charge in [0.1, 0.15) is 0 Å². The fraction of sp³-hybridized carbons (Fsp3) is 0.269. The molecule has 1 fully saturated rings. The Kier molecular flexibility index (Phi) is 6.81. The number of aromatic nitrogens is 1. The molecule has 4 rings (SSSR count). The van der Waals surface area contributed by atoms with Gasteiger partial charge in [-0.2, -0.15) is 0 Å². The van der Waals surface area contributed by atoms with Crippen molar-refractivity contribution in [2.24, 2.45) is 5.92 Å². The fourth-order valence-electron chi connectivity index (χ4n) is 3.96. The van der Waals surface area contributed by atoms with Crippen molar-refractivity contribution in [2.45, 2.75) is 26.7 Å². The third kappa shape index (κ3) is 5.32. The first kappa shape index (κ1) is 22.0. The number of benzene rings is 2. The van der Waals surface area contributed by atoms with E-state index in [0.717, 1.165) is 16.8 Å². The Balaban J connectivity index is 1.30. The third-order valence-electron chi connectivity index (χ3n) is 5.79. The minimum atomic E-state index is -0.106. The number of thiazole rings is 1. The lowest BCUT2D eigenvalue weighted by molar-refractivity contribution is -0.130. The second-order valence-corrected chi connectivity index (χ2v) is 9.05. The average molecular weight is 446 g/mol. The number of anilines is 1. The highest BCUT2D eigenvalue weighted by molar-refractivity contribution is 7.14. The second kappa shape index (κ2) is 9.92. The molecule has 32 heavy (non-hydrogen) atoms. The third-order valence-corrected chi connectivity index (χ3v) is 6.55. The molecule has 3 aromatic rings. The van der Waals surface area contributed by atoms with E-state index in [1.165, 1.54) is 22.5 Å². The quantitative estimate of drug-likeness (QED) is 0.541. The minimum absolute atomic E-state index is 0.00857. The highest BCUT2D eigenvalue weighted by atomic mass is 32.1. The van der Waals surface area contributed by atoms with E-state index in [1.54, 1.807) is 6.08 Å². The van der Waals surface area contributed by atoms with Crippen LogP contribution in [0.15, 0.2) is 60.0 Å². The van der Waals surface area contributed by atoms with Crippen LogP contribution in [0.4, 0.5) is 5.13 Å². The number of amides is 2. The molecule has 0 unspecified atom stereocenters. The van der Waals surface area contributed by atoms with Gasteiger partial charge in [0.15, 0.2) is 5.13 Å². The maximum atomic E-state index is 12.8. The molecule has 0 bridgehead atoms. The van der Waals surface area contributed by atoms with E-state index in [0.29, 0.717) is 31.1 Å². The maximum Gasteiger partial charge on any atom is 0.246 e. The van der Waals surface area contributed by atoms with E-state index in [1.807, 2.05) is 46.7 Å². The van der Waals surface area contributed by atoms with Crippen LogP contribution in [0.5, 0.6) is 0 Å². The molecule has 1 aliphatic heterocycles. The number of nitrogens with zero attached hydrogens (tertiary/aromatic N) is 2. The molecule has 2 amide bonds. The Labute approximate surface area is 192 Å². The number of likely N-dealkylation sites (tertiary alicyclic amines) is 1. The van der Waals surface area contributed by atoms with Gasteiger partial charge in [0.25, 0.3) is 0 Å². The Morgan fingerprint density at radius 2 is 1.84 bits per heavy atom. The second-order valence-electron chi connectivity index (χ2n) is 8.19. The molecular weight excluding hydrogens is 418 g/mol. The summed E-state index contributed by atoms with van der Waals surface area (Å²) in [5.41, 5.74) is 5.36. The summed E-state index contributed by atoms with van der Waals surface area (Å²) in [6, 6.07) is 16.1. The smallest absolute Gasteiger partial charge is 0.246 e. The minimum Gasteiger partial charge on any atom is -0.339 e. The summed E-state index contributed by atoms with van der Waals surface area (Å²) in [7, 11) is 0. The van der Waals surface area contributed by atoms with E-state index in [4.69, 9.17) is 0 Å². The number of hydrogen-bond donors (Lipinski definition) is 1. The monoisotopic (exact) mass is 445 g/mol. The summed E-state index contributed by atoms with van der Waals surface area (Å²) in [6.45, 7) is 5.31. The van der Waals surface area contributed by atoms with Crippen molar-refractivity contribution in [3.63, 3.8) is 0 Å². The molecule has 2 aromatic carbocycles. The average Bonchev–Trinajstić information content (AvgIpc) is 3.26. The molecule has 1 N–H and O–H groups in total. The van der Waals surface area contributed by atoms with Gasteiger partial charge < -0.3 is 10.2 Å². The molecule has 0 spiro atoms. The van der Waals surface area contributed by atoms with Crippen molar-refractivity contribution in [3.05, 3.63) is 76.7 Å². The van der Waals surface area contributed by atoms with Gasteiger partial charge in [-0.15, -0.1) is 11.3 Å². The lowest BCUT2D eigenvalue weighted by Gasteiger charge is -2.30. The molecule has 1 aromatic heterocycles. The zero-order chi connectivity index (χ0) is 22.5. The van der Waals surface area contributed by atoms with Gasteiger partial charge >= 0.3 is 0 Å². The molecule has 6 heteroatoms. The van der Waals surface area contributed by atoms with Crippen LogP contribution in [0.1, 0.15) is 29.5 Å². The van der Waals surface area contributed by atoms with E-state index in [9.17, 15) is 9.59 Å². The van der Waals surface area contributed by atoms with Gasteiger partial charge in [0, 0.05) is 36.0 Å². The maximum absolute atomic E-state index is 12.8. The number of nitrogens with one attached hydrogen (secondary N) is 1. The predicted octanol–water partition coefficient (Wildman–Crippen LogP) is 5.32. The molecule has 0 aliphatic carbocycles. The Morgan fingerprint density at radius 1 is 1.09 bits per heavy atom. The molecule has 5 nitrogen and oxygen atoms in total. The Morgan fingerprint density at radius 3 is 2.56 bits per heavy atom.